The van der Waals surface area contributed by atoms with Gasteiger partial charge in [-0.05, 0) is 17.0 Å². The van der Waals surface area contributed by atoms with Gasteiger partial charge in [-0.1, -0.05) is 45.5 Å². The molecule has 0 aliphatic heterocycles. The zero-order valence-electron chi connectivity index (χ0n) is 11.1. The molecule has 0 spiro atoms. The molecule has 0 amide bonds. The second kappa shape index (κ2) is 3.33. The lowest BCUT2D eigenvalue weighted by atomic mass is 9.83. The normalized spacial score (nSPS) is 14.3. The van der Waals surface area contributed by atoms with Gasteiger partial charge in [0.15, 0.2) is 0 Å². The SMILES string of the molecule is [2H]C([2H])=C([2H])c1cccc(F)c1C(C)(C)C. The summed E-state index contributed by atoms with van der Waals surface area (Å²) in [7, 11) is 0. The third-order valence-electron chi connectivity index (χ3n) is 1.90. The Morgan fingerprint density at radius 1 is 1.54 bits per heavy atom. The highest BCUT2D eigenvalue weighted by Crippen LogP contribution is 2.28. The Kier molecular flexibility index (Phi) is 1.63. The van der Waals surface area contributed by atoms with Crippen LogP contribution < -0.4 is 0 Å². The van der Waals surface area contributed by atoms with Crippen LogP contribution in [0.1, 0.15) is 36.0 Å². The fourth-order valence-electron chi connectivity index (χ4n) is 1.39. The molecule has 0 N–H and O–H groups in total. The van der Waals surface area contributed by atoms with E-state index in [0.717, 1.165) is 0 Å². The van der Waals surface area contributed by atoms with Gasteiger partial charge in [-0.25, -0.2) is 4.39 Å². The molecule has 0 saturated carbocycles. The summed E-state index contributed by atoms with van der Waals surface area (Å²) >= 11 is 0. The number of benzene rings is 1. The molecule has 0 saturated heterocycles. The van der Waals surface area contributed by atoms with E-state index in [1.807, 2.05) is 20.8 Å². The van der Waals surface area contributed by atoms with Crippen molar-refractivity contribution in [2.24, 2.45) is 0 Å². The first kappa shape index (κ1) is 6.36. The van der Waals surface area contributed by atoms with Crippen molar-refractivity contribution in [3.05, 3.63) is 41.7 Å². The van der Waals surface area contributed by atoms with Crippen molar-refractivity contribution in [3.8, 4) is 0 Å². The highest BCUT2D eigenvalue weighted by Gasteiger charge is 2.20. The van der Waals surface area contributed by atoms with E-state index in [2.05, 4.69) is 0 Å². The third-order valence-corrected chi connectivity index (χ3v) is 1.90. The Labute approximate surface area is 83.3 Å². The Hall–Kier alpha value is -1.11. The number of hydrogen-bond donors (Lipinski definition) is 0. The van der Waals surface area contributed by atoms with Crippen LogP contribution in [0.15, 0.2) is 24.7 Å². The molecule has 0 aliphatic rings. The van der Waals surface area contributed by atoms with Gasteiger partial charge in [-0.3, -0.25) is 0 Å². The minimum Gasteiger partial charge on any atom is -0.207 e. The molecule has 0 fully saturated rings. The van der Waals surface area contributed by atoms with Gasteiger partial charge in [-0.15, -0.1) is 0 Å². The van der Waals surface area contributed by atoms with E-state index in [9.17, 15) is 4.39 Å². The molecule has 0 heterocycles. The minimum atomic E-state index is -0.601. The lowest BCUT2D eigenvalue weighted by Crippen LogP contribution is -2.15. The molecule has 0 nitrogen and oxygen atoms in total. The predicted molar refractivity (Wildman–Crippen MR) is 55.2 cm³/mol. The van der Waals surface area contributed by atoms with Gasteiger partial charge in [0.25, 0.3) is 0 Å². The summed E-state index contributed by atoms with van der Waals surface area (Å²) in [5, 5.41) is 0. The van der Waals surface area contributed by atoms with Crippen LogP contribution in [-0.2, 0) is 5.41 Å². The Bertz CT molecular complexity index is 426. The molecule has 0 unspecified atom stereocenters. The highest BCUT2D eigenvalue weighted by molar-refractivity contribution is 5.54. The van der Waals surface area contributed by atoms with E-state index < -0.39 is 17.8 Å². The van der Waals surface area contributed by atoms with Crippen LogP contribution in [0.3, 0.4) is 0 Å². The van der Waals surface area contributed by atoms with Gasteiger partial charge in [0.05, 0.1) is 4.11 Å². The second-order valence-electron chi connectivity index (χ2n) is 4.04. The van der Waals surface area contributed by atoms with Crippen LogP contribution in [0, 0.1) is 5.82 Å². The number of hydrogen-bond acceptors (Lipinski definition) is 0. The molecule has 0 aliphatic carbocycles. The molecule has 0 aromatic heterocycles. The Morgan fingerprint density at radius 3 is 2.77 bits per heavy atom. The van der Waals surface area contributed by atoms with Gasteiger partial charge in [0.1, 0.15) is 5.82 Å². The first-order valence-corrected chi connectivity index (χ1v) is 4.18. The maximum absolute atomic E-state index is 13.7. The summed E-state index contributed by atoms with van der Waals surface area (Å²) in [6.45, 7) is 4.93. The molecule has 1 aromatic carbocycles. The van der Waals surface area contributed by atoms with E-state index in [1.165, 1.54) is 12.1 Å². The maximum atomic E-state index is 13.7. The topological polar surface area (TPSA) is 0 Å². The zero-order valence-corrected chi connectivity index (χ0v) is 8.11. The van der Waals surface area contributed by atoms with E-state index in [0.29, 0.717) is 11.1 Å². The average molecular weight is 181 g/mol. The predicted octanol–water partition coefficient (Wildman–Crippen LogP) is 3.77. The van der Waals surface area contributed by atoms with Crippen molar-refractivity contribution in [2.75, 3.05) is 0 Å². The first-order valence-electron chi connectivity index (χ1n) is 5.68. The summed E-state index contributed by atoms with van der Waals surface area (Å²) in [6.07, 6.45) is 0. The van der Waals surface area contributed by atoms with Crippen LogP contribution >= 0.6 is 0 Å². The smallest absolute Gasteiger partial charge is 0.127 e. The Balaban J connectivity index is 3.54. The fourth-order valence-corrected chi connectivity index (χ4v) is 1.39. The molecular weight excluding hydrogens is 163 g/mol. The van der Waals surface area contributed by atoms with Gasteiger partial charge < -0.3 is 0 Å². The van der Waals surface area contributed by atoms with Crippen molar-refractivity contribution in [1.29, 1.82) is 0 Å². The van der Waals surface area contributed by atoms with Crippen LogP contribution in [0.5, 0.6) is 0 Å². The molecular formula is C12H15F. The highest BCUT2D eigenvalue weighted by atomic mass is 19.1. The fraction of sp³-hybridized carbons (Fsp3) is 0.333. The summed E-state index contributed by atoms with van der Waals surface area (Å²) < 4.78 is 35.6. The summed E-state index contributed by atoms with van der Waals surface area (Å²) in [4.78, 5) is 0. The van der Waals surface area contributed by atoms with Gasteiger partial charge in [0.2, 0.25) is 0 Å². The lowest BCUT2D eigenvalue weighted by molar-refractivity contribution is 0.522. The average Bonchev–Trinajstić information content (AvgIpc) is 2.14. The monoisotopic (exact) mass is 181 g/mol. The van der Waals surface area contributed by atoms with Crippen molar-refractivity contribution in [2.45, 2.75) is 26.2 Å². The largest absolute Gasteiger partial charge is 0.207 e. The molecule has 1 heteroatoms. The third kappa shape index (κ3) is 1.97. The molecule has 0 atom stereocenters. The Morgan fingerprint density at radius 2 is 2.23 bits per heavy atom. The van der Waals surface area contributed by atoms with E-state index in [1.54, 1.807) is 6.07 Å². The number of halogens is 1. The number of rotatable bonds is 1. The van der Waals surface area contributed by atoms with Gasteiger partial charge in [0, 0.05) is 5.56 Å². The zero-order chi connectivity index (χ0) is 12.5. The summed E-state index contributed by atoms with van der Waals surface area (Å²) in [5.74, 6) is -0.393. The summed E-state index contributed by atoms with van der Waals surface area (Å²) in [5.41, 5.74) is 0.257. The van der Waals surface area contributed by atoms with Crippen molar-refractivity contribution < 1.29 is 8.50 Å². The van der Waals surface area contributed by atoms with E-state index >= 15 is 0 Å². The van der Waals surface area contributed by atoms with Crippen molar-refractivity contribution >= 4 is 6.05 Å². The van der Waals surface area contributed by atoms with Crippen LogP contribution in [0.25, 0.3) is 6.05 Å². The van der Waals surface area contributed by atoms with Crippen LogP contribution in [0.2, 0.25) is 0 Å². The van der Waals surface area contributed by atoms with Crippen molar-refractivity contribution in [3.63, 3.8) is 0 Å². The van der Waals surface area contributed by atoms with Gasteiger partial charge >= 0.3 is 0 Å². The second-order valence-corrected chi connectivity index (χ2v) is 4.04. The lowest BCUT2D eigenvalue weighted by Gasteiger charge is -2.22. The van der Waals surface area contributed by atoms with Crippen molar-refractivity contribution in [1.82, 2.24) is 0 Å². The van der Waals surface area contributed by atoms with Crippen LogP contribution in [0.4, 0.5) is 4.39 Å². The molecule has 0 radical (unpaired) electrons. The first-order chi connectivity index (χ1) is 7.25. The molecule has 0 bridgehead atoms. The van der Waals surface area contributed by atoms with Crippen LogP contribution in [-0.4, -0.2) is 0 Å². The van der Waals surface area contributed by atoms with Gasteiger partial charge in [-0.2, -0.15) is 0 Å². The summed E-state index contributed by atoms with van der Waals surface area (Å²) in [6, 6.07) is 4.17. The molecule has 70 valence electrons. The molecule has 1 aromatic rings. The molecule has 1 rings (SSSR count). The standard InChI is InChI=1S/C12H15F/c1-5-9-7-6-8-10(13)11(9)12(2,3)4/h5-8H,1H2,2-4H3/i1D2,5D. The molecule has 13 heavy (non-hydrogen) atoms. The van der Waals surface area contributed by atoms with E-state index in [4.69, 9.17) is 4.11 Å². The maximum Gasteiger partial charge on any atom is 0.127 e. The van der Waals surface area contributed by atoms with E-state index in [-0.39, 0.29) is 6.05 Å². The quantitative estimate of drug-likeness (QED) is 0.618. The minimum absolute atomic E-state index is 0.246.